The molecule has 0 radical (unpaired) electrons. The van der Waals surface area contributed by atoms with Crippen LogP contribution in [0.5, 0.6) is 11.5 Å². The minimum absolute atomic E-state index is 0.107. The highest BCUT2D eigenvalue weighted by atomic mass is 19.1. The van der Waals surface area contributed by atoms with Crippen LogP contribution in [0.4, 0.5) is 8.78 Å². The number of benzene rings is 2. The number of rotatable bonds is 2. The average Bonchev–Trinajstić information content (AvgIpc) is 2.49. The van der Waals surface area contributed by atoms with Crippen molar-refractivity contribution in [3.63, 3.8) is 0 Å². The van der Waals surface area contributed by atoms with Crippen LogP contribution in [0.15, 0.2) is 36.4 Å². The van der Waals surface area contributed by atoms with Crippen LogP contribution < -0.4 is 9.47 Å². The lowest BCUT2D eigenvalue weighted by Crippen LogP contribution is -2.20. The lowest BCUT2D eigenvalue weighted by atomic mass is 9.94. The smallest absolute Gasteiger partial charge is 0.130 e. The largest absolute Gasteiger partial charge is 0.497 e. The van der Waals surface area contributed by atoms with Crippen molar-refractivity contribution in [1.82, 2.24) is 0 Å². The second-order valence-corrected chi connectivity index (χ2v) is 4.93. The number of aliphatic hydroxyl groups excluding tert-OH is 1. The molecule has 2 atom stereocenters. The zero-order valence-electron chi connectivity index (χ0n) is 11.3. The maximum absolute atomic E-state index is 13.8. The lowest BCUT2D eigenvalue weighted by Gasteiger charge is -2.30. The summed E-state index contributed by atoms with van der Waals surface area (Å²) in [7, 11) is 1.53. The molecular weight excluding hydrogens is 278 g/mol. The minimum Gasteiger partial charge on any atom is -0.497 e. The maximum Gasteiger partial charge on any atom is 0.130 e. The first kappa shape index (κ1) is 13.8. The molecule has 0 saturated carbocycles. The van der Waals surface area contributed by atoms with Gasteiger partial charge < -0.3 is 14.6 Å². The van der Waals surface area contributed by atoms with Gasteiger partial charge in [0.05, 0.1) is 13.2 Å². The van der Waals surface area contributed by atoms with E-state index in [0.717, 1.165) is 18.2 Å². The first-order valence-corrected chi connectivity index (χ1v) is 6.56. The molecule has 5 heteroatoms. The summed E-state index contributed by atoms with van der Waals surface area (Å²) in [4.78, 5) is 0. The molecule has 1 aliphatic rings. The van der Waals surface area contributed by atoms with Crippen molar-refractivity contribution >= 4 is 0 Å². The third-order valence-corrected chi connectivity index (χ3v) is 3.59. The molecule has 0 aromatic heterocycles. The van der Waals surface area contributed by atoms with Gasteiger partial charge in [-0.1, -0.05) is 0 Å². The summed E-state index contributed by atoms with van der Waals surface area (Å²) in [5, 5.41) is 10.2. The molecule has 1 N–H and O–H groups in total. The van der Waals surface area contributed by atoms with E-state index in [-0.39, 0.29) is 12.0 Å². The fraction of sp³-hybridized carbons (Fsp3) is 0.250. The van der Waals surface area contributed by atoms with Crippen molar-refractivity contribution in [2.75, 3.05) is 7.11 Å². The Bertz CT molecular complexity index is 673. The minimum atomic E-state index is -0.823. The van der Waals surface area contributed by atoms with E-state index in [1.165, 1.54) is 7.11 Å². The third kappa shape index (κ3) is 2.56. The molecule has 0 fully saturated rings. The molecule has 0 amide bonds. The van der Waals surface area contributed by atoms with Gasteiger partial charge in [0.25, 0.3) is 0 Å². The summed E-state index contributed by atoms with van der Waals surface area (Å²) in [5.74, 6) is -0.0365. The van der Waals surface area contributed by atoms with Gasteiger partial charge in [0.15, 0.2) is 0 Å². The van der Waals surface area contributed by atoms with Crippen molar-refractivity contribution in [3.8, 4) is 11.5 Å². The predicted octanol–water partition coefficient (Wildman–Crippen LogP) is 3.53. The van der Waals surface area contributed by atoms with E-state index < -0.39 is 23.8 Å². The predicted molar refractivity (Wildman–Crippen MR) is 72.3 cm³/mol. The standard InChI is InChI=1S/C16H14F2O3/c1-20-10-3-5-15-12(7-10)14(19)8-16(21-15)11-6-9(17)2-4-13(11)18/h2-7,14,16,19H,8H2,1H3/t14-,16?/m1/s1. The Balaban J connectivity index is 1.96. The normalized spacial score (nSPS) is 20.6. The summed E-state index contributed by atoms with van der Waals surface area (Å²) in [6, 6.07) is 8.23. The second-order valence-electron chi connectivity index (χ2n) is 4.93. The number of ether oxygens (including phenoxy) is 2. The first-order valence-electron chi connectivity index (χ1n) is 6.56. The zero-order chi connectivity index (χ0) is 15.0. The van der Waals surface area contributed by atoms with Crippen molar-refractivity contribution in [2.45, 2.75) is 18.6 Å². The van der Waals surface area contributed by atoms with Gasteiger partial charge in [0.1, 0.15) is 29.2 Å². The lowest BCUT2D eigenvalue weighted by molar-refractivity contribution is 0.0636. The van der Waals surface area contributed by atoms with Gasteiger partial charge in [-0.25, -0.2) is 8.78 Å². The van der Waals surface area contributed by atoms with E-state index in [0.29, 0.717) is 17.1 Å². The Morgan fingerprint density at radius 3 is 2.71 bits per heavy atom. The molecule has 3 rings (SSSR count). The Hall–Kier alpha value is -2.14. The van der Waals surface area contributed by atoms with Crippen LogP contribution in [0.3, 0.4) is 0 Å². The molecule has 0 aliphatic carbocycles. The van der Waals surface area contributed by atoms with E-state index in [4.69, 9.17) is 9.47 Å². The van der Waals surface area contributed by atoms with Gasteiger partial charge in [-0.05, 0) is 36.4 Å². The Morgan fingerprint density at radius 2 is 1.95 bits per heavy atom. The van der Waals surface area contributed by atoms with E-state index in [9.17, 15) is 13.9 Å². The maximum atomic E-state index is 13.8. The Labute approximate surface area is 120 Å². The summed E-state index contributed by atoms with van der Waals surface area (Å²) < 4.78 is 37.9. The van der Waals surface area contributed by atoms with Crippen LogP contribution >= 0.6 is 0 Å². The Morgan fingerprint density at radius 1 is 1.14 bits per heavy atom. The van der Waals surface area contributed by atoms with Crippen LogP contribution in [0, 0.1) is 11.6 Å². The van der Waals surface area contributed by atoms with E-state index in [1.54, 1.807) is 18.2 Å². The number of methoxy groups -OCH3 is 1. The SMILES string of the molecule is COc1ccc2c(c1)[C@H](O)CC(c1cc(F)ccc1F)O2. The average molecular weight is 292 g/mol. The van der Waals surface area contributed by atoms with Crippen LogP contribution in [0.25, 0.3) is 0 Å². The molecular formula is C16H14F2O3. The quantitative estimate of drug-likeness (QED) is 0.920. The summed E-state index contributed by atoms with van der Waals surface area (Å²) in [5.41, 5.74) is 0.693. The number of hydrogen-bond donors (Lipinski definition) is 1. The first-order chi connectivity index (χ1) is 10.1. The molecule has 1 heterocycles. The highest BCUT2D eigenvalue weighted by Gasteiger charge is 2.30. The molecule has 0 spiro atoms. The van der Waals surface area contributed by atoms with Crippen LogP contribution in [-0.2, 0) is 0 Å². The molecule has 1 unspecified atom stereocenters. The number of halogens is 2. The van der Waals surface area contributed by atoms with Crippen LogP contribution in [0.1, 0.15) is 29.8 Å². The molecule has 3 nitrogen and oxygen atoms in total. The van der Waals surface area contributed by atoms with Gasteiger partial charge in [-0.15, -0.1) is 0 Å². The van der Waals surface area contributed by atoms with E-state index >= 15 is 0 Å². The zero-order valence-corrected chi connectivity index (χ0v) is 11.3. The topological polar surface area (TPSA) is 38.7 Å². The van der Waals surface area contributed by atoms with Gasteiger partial charge in [0.2, 0.25) is 0 Å². The summed E-state index contributed by atoms with van der Waals surface area (Å²) in [6.45, 7) is 0. The molecule has 1 aliphatic heterocycles. The molecule has 21 heavy (non-hydrogen) atoms. The number of hydrogen-bond acceptors (Lipinski definition) is 3. The molecule has 110 valence electrons. The van der Waals surface area contributed by atoms with Crippen molar-refractivity contribution in [2.24, 2.45) is 0 Å². The van der Waals surface area contributed by atoms with Crippen molar-refractivity contribution in [3.05, 3.63) is 59.2 Å². The van der Waals surface area contributed by atoms with Gasteiger partial charge in [0, 0.05) is 17.5 Å². The number of aliphatic hydroxyl groups is 1. The Kier molecular flexibility index (Phi) is 3.51. The third-order valence-electron chi connectivity index (χ3n) is 3.59. The fourth-order valence-corrected chi connectivity index (χ4v) is 2.50. The van der Waals surface area contributed by atoms with Crippen molar-refractivity contribution < 1.29 is 23.4 Å². The fourth-order valence-electron chi connectivity index (χ4n) is 2.50. The molecule has 0 bridgehead atoms. The molecule has 2 aromatic rings. The number of fused-ring (bicyclic) bond motifs is 1. The monoisotopic (exact) mass is 292 g/mol. The molecule has 0 saturated heterocycles. The summed E-state index contributed by atoms with van der Waals surface area (Å²) in [6.07, 6.45) is -1.39. The highest BCUT2D eigenvalue weighted by molar-refractivity contribution is 5.43. The van der Waals surface area contributed by atoms with Gasteiger partial charge in [-0.3, -0.25) is 0 Å². The second kappa shape index (κ2) is 5.33. The molecule has 2 aromatic carbocycles. The van der Waals surface area contributed by atoms with E-state index in [2.05, 4.69) is 0 Å². The highest BCUT2D eigenvalue weighted by Crippen LogP contribution is 2.42. The van der Waals surface area contributed by atoms with Gasteiger partial charge in [-0.2, -0.15) is 0 Å². The van der Waals surface area contributed by atoms with Gasteiger partial charge >= 0.3 is 0 Å². The van der Waals surface area contributed by atoms with Crippen LogP contribution in [-0.4, -0.2) is 12.2 Å². The van der Waals surface area contributed by atoms with Crippen molar-refractivity contribution in [1.29, 1.82) is 0 Å². The van der Waals surface area contributed by atoms with Crippen LogP contribution in [0.2, 0.25) is 0 Å². The van der Waals surface area contributed by atoms with E-state index in [1.807, 2.05) is 0 Å². The summed E-state index contributed by atoms with van der Waals surface area (Å²) >= 11 is 0.